The van der Waals surface area contributed by atoms with Crippen molar-refractivity contribution in [3.8, 4) is 17.3 Å². The molecule has 0 radical (unpaired) electrons. The summed E-state index contributed by atoms with van der Waals surface area (Å²) in [7, 11) is 0. The van der Waals surface area contributed by atoms with E-state index in [9.17, 15) is 5.26 Å². The van der Waals surface area contributed by atoms with E-state index in [1.165, 1.54) is 11.1 Å². The normalized spacial score (nSPS) is 15.7. The van der Waals surface area contributed by atoms with Crippen LogP contribution in [0, 0.1) is 11.3 Å². The van der Waals surface area contributed by atoms with E-state index in [0.717, 1.165) is 29.7 Å². The number of aromatic nitrogens is 2. The molecule has 0 bridgehead atoms. The average Bonchev–Trinajstić information content (AvgIpc) is 2.74. The molecule has 2 aromatic rings. The highest BCUT2D eigenvalue weighted by Gasteiger charge is 2.32. The molecule has 0 spiro atoms. The summed E-state index contributed by atoms with van der Waals surface area (Å²) < 4.78 is 0. The quantitative estimate of drug-likeness (QED) is 0.746. The summed E-state index contributed by atoms with van der Waals surface area (Å²) in [5, 5.41) is 9.61. The summed E-state index contributed by atoms with van der Waals surface area (Å²) >= 11 is 5.85. The van der Waals surface area contributed by atoms with Crippen LogP contribution < -0.4 is 0 Å². The van der Waals surface area contributed by atoms with E-state index < -0.39 is 0 Å². The minimum atomic E-state index is 0.105. The third kappa shape index (κ3) is 2.07. The first-order valence-electron chi connectivity index (χ1n) is 6.58. The molecule has 1 aliphatic carbocycles. The third-order valence-corrected chi connectivity index (χ3v) is 4.20. The van der Waals surface area contributed by atoms with Crippen LogP contribution in [0.4, 0.5) is 0 Å². The maximum atomic E-state index is 9.39. The average molecular weight is 284 g/mol. The molecule has 20 heavy (non-hydrogen) atoms. The first kappa shape index (κ1) is 13.1. The first-order valence-corrected chi connectivity index (χ1v) is 6.95. The topological polar surface area (TPSA) is 49.6 Å². The summed E-state index contributed by atoms with van der Waals surface area (Å²) in [4.78, 5) is 8.14. The number of nitrogens with zero attached hydrogens (tertiary/aromatic N) is 3. The predicted molar refractivity (Wildman–Crippen MR) is 78.5 cm³/mol. The van der Waals surface area contributed by atoms with E-state index >= 15 is 0 Å². The van der Waals surface area contributed by atoms with Crippen molar-refractivity contribution in [2.45, 2.75) is 32.1 Å². The van der Waals surface area contributed by atoms with Crippen LogP contribution in [0.15, 0.2) is 24.4 Å². The maximum Gasteiger partial charge on any atom is 0.222 e. The zero-order chi connectivity index (χ0) is 14.3. The smallest absolute Gasteiger partial charge is 0.222 e. The Balaban J connectivity index is 2.23. The van der Waals surface area contributed by atoms with Crippen molar-refractivity contribution in [2.24, 2.45) is 0 Å². The largest absolute Gasteiger partial charge is 0.226 e. The molecule has 1 aromatic carbocycles. The van der Waals surface area contributed by atoms with Gasteiger partial charge >= 0.3 is 0 Å². The second-order valence-corrected chi connectivity index (χ2v) is 6.09. The molecule has 0 N–H and O–H groups in total. The van der Waals surface area contributed by atoms with E-state index in [1.54, 1.807) is 6.20 Å². The maximum absolute atomic E-state index is 9.39. The Morgan fingerprint density at radius 1 is 1.35 bits per heavy atom. The van der Waals surface area contributed by atoms with Crippen molar-refractivity contribution in [1.82, 2.24) is 9.97 Å². The fourth-order valence-electron chi connectivity index (χ4n) is 2.86. The standard InChI is InChI=1S/C16H14ClN3/c1-16(2)5-3-12-11(9-18)7-10(8-13(12)16)14-4-6-19-15(17)20-14/h4,6-8H,3,5H2,1-2H3. The number of benzene rings is 1. The second-order valence-electron chi connectivity index (χ2n) is 5.76. The van der Waals surface area contributed by atoms with Crippen molar-refractivity contribution in [3.63, 3.8) is 0 Å². The van der Waals surface area contributed by atoms with Gasteiger partial charge in [-0.15, -0.1) is 0 Å². The lowest BCUT2D eigenvalue weighted by atomic mass is 9.84. The Bertz CT molecular complexity index is 729. The van der Waals surface area contributed by atoms with Crippen LogP contribution in [0.25, 0.3) is 11.3 Å². The monoisotopic (exact) mass is 283 g/mol. The molecule has 100 valence electrons. The predicted octanol–water partition coefficient (Wildman–Crippen LogP) is 3.89. The van der Waals surface area contributed by atoms with Gasteiger partial charge in [0.1, 0.15) is 0 Å². The van der Waals surface area contributed by atoms with Gasteiger partial charge in [0.2, 0.25) is 5.28 Å². The molecular formula is C16H14ClN3. The second kappa shape index (κ2) is 4.57. The minimum absolute atomic E-state index is 0.105. The molecule has 0 unspecified atom stereocenters. The highest BCUT2D eigenvalue weighted by Crippen LogP contribution is 2.41. The first-order chi connectivity index (χ1) is 9.51. The molecule has 1 heterocycles. The van der Waals surface area contributed by atoms with Crippen LogP contribution >= 0.6 is 11.6 Å². The van der Waals surface area contributed by atoms with Crippen LogP contribution in [0.5, 0.6) is 0 Å². The van der Waals surface area contributed by atoms with E-state index in [4.69, 9.17) is 11.6 Å². The number of halogens is 1. The van der Waals surface area contributed by atoms with Crippen molar-refractivity contribution in [2.75, 3.05) is 0 Å². The van der Waals surface area contributed by atoms with Crippen molar-refractivity contribution in [1.29, 1.82) is 5.26 Å². The Kier molecular flexibility index (Phi) is 2.99. The molecule has 4 heteroatoms. The molecule has 0 aliphatic heterocycles. The van der Waals surface area contributed by atoms with Crippen LogP contribution in [-0.2, 0) is 11.8 Å². The zero-order valence-electron chi connectivity index (χ0n) is 11.4. The highest BCUT2D eigenvalue weighted by molar-refractivity contribution is 6.28. The highest BCUT2D eigenvalue weighted by atomic mass is 35.5. The lowest BCUT2D eigenvalue weighted by Gasteiger charge is -2.20. The molecular weight excluding hydrogens is 270 g/mol. The van der Waals surface area contributed by atoms with Gasteiger partial charge in [-0.05, 0) is 59.2 Å². The van der Waals surface area contributed by atoms with Crippen molar-refractivity contribution < 1.29 is 0 Å². The van der Waals surface area contributed by atoms with E-state index in [1.807, 2.05) is 12.1 Å². The lowest BCUT2D eigenvalue weighted by molar-refractivity contribution is 0.522. The molecule has 0 amide bonds. The van der Waals surface area contributed by atoms with Gasteiger partial charge in [0.05, 0.1) is 17.3 Å². The molecule has 0 saturated carbocycles. The molecule has 1 aromatic heterocycles. The fourth-order valence-corrected chi connectivity index (χ4v) is 3.01. The molecule has 1 aliphatic rings. The SMILES string of the molecule is CC1(C)CCc2c(C#N)cc(-c3ccnc(Cl)n3)cc21. The Morgan fingerprint density at radius 3 is 2.85 bits per heavy atom. The number of hydrogen-bond acceptors (Lipinski definition) is 3. The van der Waals surface area contributed by atoms with Gasteiger partial charge in [-0.25, -0.2) is 9.97 Å². The van der Waals surface area contributed by atoms with Crippen molar-refractivity contribution >= 4 is 11.6 Å². The summed E-state index contributed by atoms with van der Waals surface area (Å²) in [6.07, 6.45) is 3.68. The van der Waals surface area contributed by atoms with Gasteiger partial charge in [0, 0.05) is 11.8 Å². The molecule has 0 fully saturated rings. The van der Waals surface area contributed by atoms with Gasteiger partial charge in [-0.3, -0.25) is 0 Å². The molecule has 0 saturated heterocycles. The van der Waals surface area contributed by atoms with Crippen LogP contribution in [0.3, 0.4) is 0 Å². The van der Waals surface area contributed by atoms with Crippen LogP contribution in [-0.4, -0.2) is 9.97 Å². The van der Waals surface area contributed by atoms with Crippen molar-refractivity contribution in [3.05, 3.63) is 46.4 Å². The lowest BCUT2D eigenvalue weighted by Crippen LogP contribution is -2.12. The zero-order valence-corrected chi connectivity index (χ0v) is 12.2. The number of hydrogen-bond donors (Lipinski definition) is 0. The fraction of sp³-hybridized carbons (Fsp3) is 0.312. The number of nitriles is 1. The Labute approximate surface area is 123 Å². The van der Waals surface area contributed by atoms with Crippen LogP contribution in [0.1, 0.15) is 37.0 Å². The molecule has 0 atom stereocenters. The van der Waals surface area contributed by atoms with E-state index in [0.29, 0.717) is 0 Å². The molecule has 3 rings (SSSR count). The third-order valence-electron chi connectivity index (χ3n) is 4.02. The van der Waals surface area contributed by atoms with Crippen LogP contribution in [0.2, 0.25) is 5.28 Å². The Hall–Kier alpha value is -1.92. The van der Waals surface area contributed by atoms with Gasteiger partial charge in [-0.2, -0.15) is 5.26 Å². The summed E-state index contributed by atoms with van der Waals surface area (Å²) in [5.41, 5.74) is 4.97. The Morgan fingerprint density at radius 2 is 2.15 bits per heavy atom. The number of fused-ring (bicyclic) bond motifs is 1. The minimum Gasteiger partial charge on any atom is -0.226 e. The van der Waals surface area contributed by atoms with Gasteiger partial charge in [-0.1, -0.05) is 13.8 Å². The summed E-state index contributed by atoms with van der Waals surface area (Å²) in [5.74, 6) is 0. The molecule has 3 nitrogen and oxygen atoms in total. The number of rotatable bonds is 1. The summed E-state index contributed by atoms with van der Waals surface area (Å²) in [6.45, 7) is 4.44. The van der Waals surface area contributed by atoms with Gasteiger partial charge in [0.15, 0.2) is 0 Å². The van der Waals surface area contributed by atoms with E-state index in [-0.39, 0.29) is 10.7 Å². The van der Waals surface area contributed by atoms with Gasteiger partial charge in [0.25, 0.3) is 0 Å². The van der Waals surface area contributed by atoms with E-state index in [2.05, 4.69) is 36.0 Å². The summed E-state index contributed by atoms with van der Waals surface area (Å²) in [6, 6.07) is 8.17. The van der Waals surface area contributed by atoms with Gasteiger partial charge < -0.3 is 0 Å².